The van der Waals surface area contributed by atoms with Crippen LogP contribution in [-0.4, -0.2) is 16.9 Å². The maximum atomic E-state index is 13.1. The standard InChI is InChI=1S/C23H23ClN2O2/c1-23-14-6-5-7-17(23)15-26(28)22(27)20(23)21(16-10-12-18(24)13-11-16)25-19-8-3-2-4-9-19/h2-4,6,8-15,17,20-21,25H,5,7H2,1H3/t17-,20+,21+,23-/m0/s1. The number of hydrogen-bond donors (Lipinski definition) is 1. The van der Waals surface area contributed by atoms with E-state index in [1.54, 1.807) is 6.21 Å². The molecule has 4 atom stereocenters. The van der Waals surface area contributed by atoms with Gasteiger partial charge in [-0.05, 0) is 42.7 Å². The van der Waals surface area contributed by atoms with E-state index in [4.69, 9.17) is 11.6 Å². The van der Waals surface area contributed by atoms with Crippen LogP contribution in [0.2, 0.25) is 5.02 Å². The second kappa shape index (κ2) is 7.44. The van der Waals surface area contributed by atoms with Crippen molar-refractivity contribution in [3.8, 4) is 0 Å². The smallest absolute Gasteiger partial charge is 0.404 e. The predicted molar refractivity (Wildman–Crippen MR) is 112 cm³/mol. The molecule has 0 saturated carbocycles. The lowest BCUT2D eigenvalue weighted by molar-refractivity contribution is -0.395. The van der Waals surface area contributed by atoms with Gasteiger partial charge in [-0.1, -0.05) is 61.0 Å². The van der Waals surface area contributed by atoms with Gasteiger partial charge in [0.25, 0.3) is 0 Å². The van der Waals surface area contributed by atoms with Crippen LogP contribution in [0.15, 0.2) is 66.7 Å². The SMILES string of the molecule is C[C@]12C=CCC[C@H]1C=[N+]([O-])C(=O)[C@H]2[C@H](Nc1ccccc1)c1ccc(Cl)cc1. The number of allylic oxidation sites excluding steroid dienone is 2. The summed E-state index contributed by atoms with van der Waals surface area (Å²) in [5, 5.41) is 16.6. The minimum absolute atomic E-state index is 0.0325. The molecule has 1 N–H and O–H groups in total. The number of carbonyl (C=O) groups is 1. The fraction of sp³-hybridized carbons (Fsp3) is 0.304. The first kappa shape index (κ1) is 18.8. The number of carbonyl (C=O) groups excluding carboxylic acids is 1. The van der Waals surface area contributed by atoms with E-state index in [-0.39, 0.29) is 12.0 Å². The molecule has 2 aliphatic rings. The third kappa shape index (κ3) is 3.33. The second-order valence-electron chi connectivity index (χ2n) is 7.78. The lowest BCUT2D eigenvalue weighted by Crippen LogP contribution is -2.52. The third-order valence-corrected chi connectivity index (χ3v) is 6.30. The van der Waals surface area contributed by atoms with Crippen molar-refractivity contribution >= 4 is 29.4 Å². The van der Waals surface area contributed by atoms with Crippen molar-refractivity contribution in [2.75, 3.05) is 5.32 Å². The van der Waals surface area contributed by atoms with Crippen molar-refractivity contribution in [3.05, 3.63) is 82.5 Å². The van der Waals surface area contributed by atoms with E-state index in [0.29, 0.717) is 9.76 Å². The maximum absolute atomic E-state index is 13.1. The van der Waals surface area contributed by atoms with Crippen LogP contribution < -0.4 is 5.32 Å². The van der Waals surface area contributed by atoms with E-state index in [9.17, 15) is 10.0 Å². The Balaban J connectivity index is 1.83. The first-order chi connectivity index (χ1) is 13.5. The molecule has 5 heteroatoms. The van der Waals surface area contributed by atoms with E-state index in [0.717, 1.165) is 24.1 Å². The Hall–Kier alpha value is -2.59. The summed E-state index contributed by atoms with van der Waals surface area (Å²) in [6.45, 7) is 2.09. The highest BCUT2D eigenvalue weighted by molar-refractivity contribution is 6.30. The summed E-state index contributed by atoms with van der Waals surface area (Å²) in [7, 11) is 0. The third-order valence-electron chi connectivity index (χ3n) is 6.05. The van der Waals surface area contributed by atoms with Gasteiger partial charge in [0.15, 0.2) is 6.21 Å². The number of hydrogen-bond acceptors (Lipinski definition) is 3. The zero-order valence-electron chi connectivity index (χ0n) is 15.7. The fourth-order valence-electron chi connectivity index (χ4n) is 4.50. The van der Waals surface area contributed by atoms with Gasteiger partial charge in [0.1, 0.15) is 5.92 Å². The van der Waals surface area contributed by atoms with E-state index < -0.39 is 17.2 Å². The van der Waals surface area contributed by atoms with Gasteiger partial charge in [-0.2, -0.15) is 0 Å². The van der Waals surface area contributed by atoms with Crippen LogP contribution in [0, 0.1) is 22.5 Å². The fourth-order valence-corrected chi connectivity index (χ4v) is 4.63. The van der Waals surface area contributed by atoms with E-state index >= 15 is 0 Å². The van der Waals surface area contributed by atoms with Crippen LogP contribution in [0.1, 0.15) is 31.4 Å². The van der Waals surface area contributed by atoms with Crippen molar-refractivity contribution in [2.24, 2.45) is 17.3 Å². The summed E-state index contributed by atoms with van der Waals surface area (Å²) in [6, 6.07) is 16.9. The van der Waals surface area contributed by atoms with Gasteiger partial charge in [0, 0.05) is 22.0 Å². The van der Waals surface area contributed by atoms with Gasteiger partial charge in [0.05, 0.1) is 6.04 Å². The summed E-state index contributed by atoms with van der Waals surface area (Å²) in [4.78, 5) is 13.1. The minimum atomic E-state index is -0.530. The normalized spacial score (nSPS) is 27.6. The van der Waals surface area contributed by atoms with Gasteiger partial charge < -0.3 is 10.5 Å². The van der Waals surface area contributed by atoms with Crippen molar-refractivity contribution < 1.29 is 9.53 Å². The first-order valence-corrected chi connectivity index (χ1v) is 9.97. The summed E-state index contributed by atoms with van der Waals surface area (Å²) in [5.41, 5.74) is 1.41. The molecule has 0 aromatic heterocycles. The van der Waals surface area contributed by atoms with Gasteiger partial charge in [-0.25, -0.2) is 4.79 Å². The highest BCUT2D eigenvalue weighted by Gasteiger charge is 2.55. The zero-order chi connectivity index (χ0) is 19.7. The first-order valence-electron chi connectivity index (χ1n) is 9.59. The molecule has 144 valence electrons. The highest BCUT2D eigenvalue weighted by Crippen LogP contribution is 2.50. The summed E-state index contributed by atoms with van der Waals surface area (Å²) in [5.74, 6) is -0.906. The second-order valence-corrected chi connectivity index (χ2v) is 8.22. The number of fused-ring (bicyclic) bond motifs is 1. The molecular weight excluding hydrogens is 372 g/mol. The van der Waals surface area contributed by atoms with Crippen LogP contribution in [0.25, 0.3) is 0 Å². The molecule has 1 aliphatic carbocycles. The number of anilines is 1. The van der Waals surface area contributed by atoms with Gasteiger partial charge in [-0.15, -0.1) is 4.74 Å². The molecule has 0 fully saturated rings. The maximum Gasteiger partial charge on any atom is 0.404 e. The molecule has 2 aromatic rings. The molecule has 28 heavy (non-hydrogen) atoms. The van der Waals surface area contributed by atoms with Crippen LogP contribution in [0.4, 0.5) is 5.69 Å². The molecule has 1 amide bonds. The summed E-state index contributed by atoms with van der Waals surface area (Å²) >= 11 is 6.09. The zero-order valence-corrected chi connectivity index (χ0v) is 16.5. The van der Waals surface area contributed by atoms with Crippen LogP contribution in [0.3, 0.4) is 0 Å². The number of nitrogens with one attached hydrogen (secondary N) is 1. The Morgan fingerprint density at radius 3 is 2.61 bits per heavy atom. The molecule has 0 bridgehead atoms. The van der Waals surface area contributed by atoms with E-state index in [1.165, 1.54) is 0 Å². The number of benzene rings is 2. The molecule has 2 aromatic carbocycles. The van der Waals surface area contributed by atoms with Crippen molar-refractivity contribution in [1.82, 2.24) is 0 Å². The van der Waals surface area contributed by atoms with Crippen LogP contribution >= 0.6 is 11.6 Å². The minimum Gasteiger partial charge on any atom is -0.616 e. The van der Waals surface area contributed by atoms with Crippen LogP contribution in [-0.2, 0) is 4.79 Å². The average molecular weight is 395 g/mol. The number of para-hydroxylation sites is 1. The van der Waals surface area contributed by atoms with E-state index in [1.807, 2.05) is 54.6 Å². The number of amides is 1. The molecule has 0 saturated heterocycles. The van der Waals surface area contributed by atoms with Crippen molar-refractivity contribution in [2.45, 2.75) is 25.8 Å². The Morgan fingerprint density at radius 1 is 1.18 bits per heavy atom. The van der Waals surface area contributed by atoms with Crippen molar-refractivity contribution in [1.29, 1.82) is 0 Å². The monoisotopic (exact) mass is 394 g/mol. The number of rotatable bonds is 4. The largest absolute Gasteiger partial charge is 0.616 e. The molecule has 1 heterocycles. The van der Waals surface area contributed by atoms with Crippen LogP contribution in [0.5, 0.6) is 0 Å². The summed E-state index contributed by atoms with van der Waals surface area (Å²) < 4.78 is 0.547. The lowest BCUT2D eigenvalue weighted by atomic mass is 9.60. The number of hydroxylamine groups is 1. The van der Waals surface area contributed by atoms with Gasteiger partial charge in [-0.3, -0.25) is 0 Å². The molecule has 0 unspecified atom stereocenters. The van der Waals surface area contributed by atoms with Crippen molar-refractivity contribution in [3.63, 3.8) is 0 Å². The summed E-state index contributed by atoms with van der Waals surface area (Å²) in [6.07, 6.45) is 7.61. The Labute approximate surface area is 170 Å². The lowest BCUT2D eigenvalue weighted by Gasteiger charge is -2.45. The molecule has 4 rings (SSSR count). The predicted octanol–water partition coefficient (Wildman–Crippen LogP) is 5.20. The van der Waals surface area contributed by atoms with Gasteiger partial charge in [0.2, 0.25) is 0 Å². The molecular formula is C23H23ClN2O2. The Kier molecular flexibility index (Phi) is 4.98. The molecule has 1 aliphatic heterocycles. The van der Waals surface area contributed by atoms with E-state index in [2.05, 4.69) is 24.4 Å². The molecule has 0 spiro atoms. The average Bonchev–Trinajstić information content (AvgIpc) is 2.70. The number of nitrogens with zero attached hydrogens (tertiary/aromatic N) is 1. The van der Waals surface area contributed by atoms with Gasteiger partial charge >= 0.3 is 5.91 Å². The number of halogens is 1. The topological polar surface area (TPSA) is 55.2 Å². The highest BCUT2D eigenvalue weighted by atomic mass is 35.5. The molecule has 4 nitrogen and oxygen atoms in total. The Bertz CT molecular complexity index is 923. The quantitative estimate of drug-likeness (QED) is 0.440. The Morgan fingerprint density at radius 2 is 1.89 bits per heavy atom. The molecule has 0 radical (unpaired) electrons.